The Hall–Kier alpha value is -1.86. The number of fused-ring (bicyclic) bond motifs is 1. The Morgan fingerprint density at radius 1 is 1.17 bits per heavy atom. The van der Waals surface area contributed by atoms with Crippen molar-refractivity contribution >= 4 is 26.8 Å². The first-order valence-corrected chi connectivity index (χ1v) is 9.85. The van der Waals surface area contributed by atoms with Gasteiger partial charge in [0.2, 0.25) is 15.9 Å². The molecule has 2 heterocycles. The maximum atomic E-state index is 12.6. The Kier molecular flexibility index (Phi) is 4.64. The van der Waals surface area contributed by atoms with E-state index >= 15 is 0 Å². The lowest BCUT2D eigenvalue weighted by molar-refractivity contribution is -0.131. The highest BCUT2D eigenvalue weighted by atomic mass is 32.2. The summed E-state index contributed by atoms with van der Waals surface area (Å²) in [7, 11) is -3.17. The van der Waals surface area contributed by atoms with Crippen LogP contribution in [-0.4, -0.2) is 60.4 Å². The SMILES string of the molecule is CCS(=O)(=O)N1CCN(C(=O)Cc2c(C)[nH]c3ccccc23)CC1. The van der Waals surface area contributed by atoms with Gasteiger partial charge in [-0.2, -0.15) is 4.31 Å². The van der Waals surface area contributed by atoms with Gasteiger partial charge in [0.1, 0.15) is 0 Å². The third-order valence-electron chi connectivity index (χ3n) is 4.70. The number of aromatic nitrogens is 1. The lowest BCUT2D eigenvalue weighted by Crippen LogP contribution is -2.51. The van der Waals surface area contributed by atoms with Crippen LogP contribution in [0.2, 0.25) is 0 Å². The molecule has 1 aliphatic heterocycles. The van der Waals surface area contributed by atoms with Crippen LogP contribution in [-0.2, 0) is 21.2 Å². The molecule has 0 spiro atoms. The molecule has 1 aromatic carbocycles. The summed E-state index contributed by atoms with van der Waals surface area (Å²) in [6.45, 7) is 5.31. The predicted octanol–water partition coefficient (Wildman–Crippen LogP) is 1.51. The number of para-hydroxylation sites is 1. The maximum absolute atomic E-state index is 12.6. The molecule has 1 aromatic heterocycles. The number of aromatic amines is 1. The van der Waals surface area contributed by atoms with Crippen molar-refractivity contribution in [1.29, 1.82) is 0 Å². The number of carbonyl (C=O) groups is 1. The molecule has 1 aliphatic rings. The molecule has 1 fully saturated rings. The molecule has 2 aromatic rings. The minimum atomic E-state index is -3.17. The van der Waals surface area contributed by atoms with Crippen molar-refractivity contribution in [3.8, 4) is 0 Å². The van der Waals surface area contributed by atoms with Crippen molar-refractivity contribution in [2.24, 2.45) is 0 Å². The van der Waals surface area contributed by atoms with Gasteiger partial charge in [-0.15, -0.1) is 0 Å². The smallest absolute Gasteiger partial charge is 0.227 e. The second-order valence-electron chi connectivity index (χ2n) is 6.13. The number of carbonyl (C=O) groups excluding carboxylic acids is 1. The van der Waals surface area contributed by atoms with Gasteiger partial charge in [0.05, 0.1) is 12.2 Å². The topological polar surface area (TPSA) is 73.5 Å². The highest BCUT2D eigenvalue weighted by molar-refractivity contribution is 7.89. The lowest BCUT2D eigenvalue weighted by atomic mass is 10.1. The van der Waals surface area contributed by atoms with Crippen molar-refractivity contribution in [2.45, 2.75) is 20.3 Å². The van der Waals surface area contributed by atoms with Crippen LogP contribution in [0.25, 0.3) is 10.9 Å². The monoisotopic (exact) mass is 349 g/mol. The number of nitrogens with zero attached hydrogens (tertiary/aromatic N) is 2. The molecule has 1 amide bonds. The standard InChI is InChI=1S/C17H23N3O3S/c1-3-24(22,23)20-10-8-19(9-11-20)17(21)12-15-13(2)18-16-7-5-4-6-14(15)16/h4-7,18H,3,8-12H2,1-2H3. The van der Waals surface area contributed by atoms with Crippen LogP contribution in [0.5, 0.6) is 0 Å². The first kappa shape index (κ1) is 17.0. The lowest BCUT2D eigenvalue weighted by Gasteiger charge is -2.33. The van der Waals surface area contributed by atoms with Crippen LogP contribution in [0.15, 0.2) is 24.3 Å². The number of hydrogen-bond donors (Lipinski definition) is 1. The van der Waals surface area contributed by atoms with Gasteiger partial charge < -0.3 is 9.88 Å². The minimum absolute atomic E-state index is 0.0522. The minimum Gasteiger partial charge on any atom is -0.358 e. The summed E-state index contributed by atoms with van der Waals surface area (Å²) in [5.74, 6) is 0.159. The highest BCUT2D eigenvalue weighted by Crippen LogP contribution is 2.23. The van der Waals surface area contributed by atoms with E-state index in [4.69, 9.17) is 0 Å². The summed E-state index contributed by atoms with van der Waals surface area (Å²) < 4.78 is 25.3. The Morgan fingerprint density at radius 3 is 2.50 bits per heavy atom. The molecule has 6 nitrogen and oxygen atoms in total. The fraction of sp³-hybridized carbons (Fsp3) is 0.471. The van der Waals surface area contributed by atoms with Crippen LogP contribution in [0, 0.1) is 6.92 Å². The van der Waals surface area contributed by atoms with Gasteiger partial charge in [-0.05, 0) is 25.5 Å². The van der Waals surface area contributed by atoms with E-state index in [1.54, 1.807) is 11.8 Å². The first-order valence-electron chi connectivity index (χ1n) is 8.24. The van der Waals surface area contributed by atoms with Gasteiger partial charge >= 0.3 is 0 Å². The van der Waals surface area contributed by atoms with E-state index in [2.05, 4.69) is 4.98 Å². The zero-order valence-corrected chi connectivity index (χ0v) is 14.9. The van der Waals surface area contributed by atoms with Crippen molar-refractivity contribution in [2.75, 3.05) is 31.9 Å². The van der Waals surface area contributed by atoms with Crippen LogP contribution in [0.3, 0.4) is 0 Å². The second kappa shape index (κ2) is 6.57. The van der Waals surface area contributed by atoms with E-state index < -0.39 is 10.0 Å². The molecular weight excluding hydrogens is 326 g/mol. The van der Waals surface area contributed by atoms with Crippen molar-refractivity contribution in [3.63, 3.8) is 0 Å². The Balaban J connectivity index is 1.69. The Labute approximate surface area is 142 Å². The molecule has 0 unspecified atom stereocenters. The number of amides is 1. The van der Waals surface area contributed by atoms with Crippen LogP contribution in [0.1, 0.15) is 18.2 Å². The summed E-state index contributed by atoms with van der Waals surface area (Å²) in [6.07, 6.45) is 0.344. The van der Waals surface area contributed by atoms with E-state index in [0.717, 1.165) is 22.2 Å². The third kappa shape index (κ3) is 3.18. The fourth-order valence-electron chi connectivity index (χ4n) is 3.22. The van der Waals surface area contributed by atoms with E-state index in [9.17, 15) is 13.2 Å². The van der Waals surface area contributed by atoms with Gasteiger partial charge in [0.25, 0.3) is 0 Å². The summed E-state index contributed by atoms with van der Waals surface area (Å²) in [5, 5.41) is 1.08. The van der Waals surface area contributed by atoms with E-state index in [1.807, 2.05) is 31.2 Å². The first-order chi connectivity index (χ1) is 11.4. The molecule has 7 heteroatoms. The molecular formula is C17H23N3O3S. The quantitative estimate of drug-likeness (QED) is 0.909. The summed E-state index contributed by atoms with van der Waals surface area (Å²) in [4.78, 5) is 17.7. The predicted molar refractivity (Wildman–Crippen MR) is 94.4 cm³/mol. The number of piperazine rings is 1. The van der Waals surface area contributed by atoms with Gasteiger partial charge in [-0.25, -0.2) is 8.42 Å². The van der Waals surface area contributed by atoms with Crippen molar-refractivity contribution in [1.82, 2.24) is 14.2 Å². The van der Waals surface area contributed by atoms with Crippen molar-refractivity contribution in [3.05, 3.63) is 35.5 Å². The van der Waals surface area contributed by atoms with Gasteiger partial charge in [-0.3, -0.25) is 4.79 Å². The zero-order valence-electron chi connectivity index (χ0n) is 14.1. The number of nitrogens with one attached hydrogen (secondary N) is 1. The number of H-pyrrole nitrogens is 1. The van der Waals surface area contributed by atoms with Crippen molar-refractivity contribution < 1.29 is 13.2 Å². The fourth-order valence-corrected chi connectivity index (χ4v) is 4.31. The van der Waals surface area contributed by atoms with Gasteiger partial charge in [-0.1, -0.05) is 18.2 Å². The molecule has 0 radical (unpaired) electrons. The summed E-state index contributed by atoms with van der Waals surface area (Å²) >= 11 is 0. The second-order valence-corrected chi connectivity index (χ2v) is 8.39. The largest absolute Gasteiger partial charge is 0.358 e. The van der Waals surface area contributed by atoms with Crippen LogP contribution in [0.4, 0.5) is 0 Å². The molecule has 1 N–H and O–H groups in total. The summed E-state index contributed by atoms with van der Waals surface area (Å²) in [5.41, 5.74) is 3.08. The molecule has 24 heavy (non-hydrogen) atoms. The zero-order chi connectivity index (χ0) is 17.3. The Bertz CT molecular complexity index is 849. The number of rotatable bonds is 4. The molecule has 0 bridgehead atoms. The molecule has 0 aliphatic carbocycles. The van der Waals surface area contributed by atoms with Gasteiger partial charge in [0, 0.05) is 42.8 Å². The van der Waals surface area contributed by atoms with E-state index in [-0.39, 0.29) is 11.7 Å². The number of aryl methyl sites for hydroxylation is 1. The normalized spacial score (nSPS) is 16.7. The molecule has 0 saturated carbocycles. The van der Waals surface area contributed by atoms with Crippen LogP contribution < -0.4 is 0 Å². The Morgan fingerprint density at radius 2 is 1.83 bits per heavy atom. The molecule has 1 saturated heterocycles. The molecule has 3 rings (SSSR count). The summed E-state index contributed by atoms with van der Waals surface area (Å²) in [6, 6.07) is 7.97. The number of hydrogen-bond acceptors (Lipinski definition) is 3. The van der Waals surface area contributed by atoms with Crippen LogP contribution >= 0.6 is 0 Å². The van der Waals surface area contributed by atoms with E-state index in [1.165, 1.54) is 4.31 Å². The third-order valence-corrected chi connectivity index (χ3v) is 6.59. The average Bonchev–Trinajstić information content (AvgIpc) is 2.90. The number of sulfonamides is 1. The maximum Gasteiger partial charge on any atom is 0.227 e. The number of benzene rings is 1. The molecule has 130 valence electrons. The van der Waals surface area contributed by atoms with E-state index in [0.29, 0.717) is 32.6 Å². The highest BCUT2D eigenvalue weighted by Gasteiger charge is 2.28. The molecule has 0 atom stereocenters. The van der Waals surface area contributed by atoms with Gasteiger partial charge in [0.15, 0.2) is 0 Å². The average molecular weight is 349 g/mol.